The van der Waals surface area contributed by atoms with Crippen LogP contribution < -0.4 is 14.8 Å². The van der Waals surface area contributed by atoms with Crippen molar-refractivity contribution in [1.82, 2.24) is 4.98 Å². The molecule has 27 heavy (non-hydrogen) atoms. The Morgan fingerprint density at radius 1 is 1.04 bits per heavy atom. The van der Waals surface area contributed by atoms with Crippen LogP contribution in [0.15, 0.2) is 60.9 Å². The van der Waals surface area contributed by atoms with Crippen molar-refractivity contribution in [1.29, 1.82) is 0 Å². The summed E-state index contributed by atoms with van der Waals surface area (Å²) >= 11 is 6.04. The number of nitrogens with two attached hydrogens (primary N) is 1. The smallest absolute Gasteiger partial charge is 0.161 e. The number of nitrogens with zero attached hydrogens (tertiary/aromatic N) is 1. The fraction of sp³-hybridized carbons (Fsp3) is 0.190. The lowest BCUT2D eigenvalue weighted by atomic mass is 10.2. The average molecular weight is 388 g/mol. The summed E-state index contributed by atoms with van der Waals surface area (Å²) in [5.41, 5.74) is 2.60. The van der Waals surface area contributed by atoms with Gasteiger partial charge in [-0.2, -0.15) is 0 Å². The van der Waals surface area contributed by atoms with E-state index in [0.29, 0.717) is 22.1 Å². The fourth-order valence-corrected chi connectivity index (χ4v) is 2.92. The summed E-state index contributed by atoms with van der Waals surface area (Å²) in [6.45, 7) is 1.68. The van der Waals surface area contributed by atoms with E-state index in [0.717, 1.165) is 18.7 Å². The van der Waals surface area contributed by atoms with Crippen molar-refractivity contribution in [2.45, 2.75) is 19.7 Å². The summed E-state index contributed by atoms with van der Waals surface area (Å²) in [7, 11) is 1.58. The maximum absolute atomic E-state index is 13.9. The zero-order valence-corrected chi connectivity index (χ0v) is 15.7. The van der Waals surface area contributed by atoms with Crippen LogP contribution in [0, 0.1) is 5.82 Å². The van der Waals surface area contributed by atoms with Crippen LogP contribution in [0.5, 0.6) is 11.5 Å². The molecule has 0 aliphatic carbocycles. The van der Waals surface area contributed by atoms with Gasteiger partial charge in [0.25, 0.3) is 0 Å². The highest BCUT2D eigenvalue weighted by Crippen LogP contribution is 2.30. The van der Waals surface area contributed by atoms with E-state index in [9.17, 15) is 4.39 Å². The van der Waals surface area contributed by atoms with Gasteiger partial charge >= 0.3 is 0 Å². The molecule has 0 aliphatic rings. The third-order valence-electron chi connectivity index (χ3n) is 4.14. The first-order valence-electron chi connectivity index (χ1n) is 8.60. The van der Waals surface area contributed by atoms with Crippen LogP contribution in [0.1, 0.15) is 16.7 Å². The lowest BCUT2D eigenvalue weighted by molar-refractivity contribution is -0.686. The van der Waals surface area contributed by atoms with Crippen LogP contribution in [-0.4, -0.2) is 12.1 Å². The van der Waals surface area contributed by atoms with Crippen LogP contribution >= 0.6 is 11.6 Å². The Kier molecular flexibility index (Phi) is 6.63. The monoisotopic (exact) mass is 387 g/mol. The molecule has 2 N–H and O–H groups in total. The van der Waals surface area contributed by atoms with Gasteiger partial charge in [-0.1, -0.05) is 23.7 Å². The molecule has 6 heteroatoms. The summed E-state index contributed by atoms with van der Waals surface area (Å²) in [6.07, 6.45) is 3.63. The van der Waals surface area contributed by atoms with E-state index in [1.807, 2.05) is 30.5 Å². The summed E-state index contributed by atoms with van der Waals surface area (Å²) in [5, 5.41) is 2.53. The lowest BCUT2D eigenvalue weighted by Gasteiger charge is -2.13. The van der Waals surface area contributed by atoms with Crippen molar-refractivity contribution in [2.75, 3.05) is 7.11 Å². The maximum atomic E-state index is 13.9. The summed E-state index contributed by atoms with van der Waals surface area (Å²) in [4.78, 5) is 4.11. The first-order valence-corrected chi connectivity index (χ1v) is 8.98. The van der Waals surface area contributed by atoms with E-state index >= 15 is 0 Å². The van der Waals surface area contributed by atoms with Crippen molar-refractivity contribution >= 4 is 11.6 Å². The largest absolute Gasteiger partial charge is 0.493 e. The van der Waals surface area contributed by atoms with Crippen LogP contribution in [-0.2, 0) is 19.7 Å². The molecule has 0 atom stereocenters. The Balaban J connectivity index is 1.62. The number of halogens is 2. The van der Waals surface area contributed by atoms with Crippen LogP contribution in [0.3, 0.4) is 0 Å². The molecule has 4 nitrogen and oxygen atoms in total. The summed E-state index contributed by atoms with van der Waals surface area (Å²) in [5.74, 6) is 0.769. The molecule has 3 rings (SSSR count). The third kappa shape index (κ3) is 5.18. The molecule has 3 aromatic rings. The van der Waals surface area contributed by atoms with Gasteiger partial charge < -0.3 is 14.8 Å². The second kappa shape index (κ2) is 9.35. The third-order valence-corrected chi connectivity index (χ3v) is 4.50. The molecular weight excluding hydrogens is 367 g/mol. The zero-order chi connectivity index (χ0) is 19.1. The predicted molar refractivity (Wildman–Crippen MR) is 102 cm³/mol. The topological polar surface area (TPSA) is 48.0 Å². The Morgan fingerprint density at radius 2 is 1.89 bits per heavy atom. The van der Waals surface area contributed by atoms with E-state index in [-0.39, 0.29) is 12.4 Å². The minimum atomic E-state index is -0.386. The van der Waals surface area contributed by atoms with Gasteiger partial charge in [0.2, 0.25) is 0 Å². The normalized spacial score (nSPS) is 10.6. The average Bonchev–Trinajstić information content (AvgIpc) is 2.69. The minimum Gasteiger partial charge on any atom is -0.493 e. The number of hydrogen-bond acceptors (Lipinski definition) is 3. The Hall–Kier alpha value is -2.63. The predicted octanol–water partition coefficient (Wildman–Crippen LogP) is 3.73. The highest BCUT2D eigenvalue weighted by molar-refractivity contribution is 6.31. The van der Waals surface area contributed by atoms with E-state index < -0.39 is 0 Å². The highest BCUT2D eigenvalue weighted by Gasteiger charge is 2.11. The van der Waals surface area contributed by atoms with E-state index in [1.54, 1.807) is 25.4 Å². The molecule has 0 saturated carbocycles. The van der Waals surface area contributed by atoms with Gasteiger partial charge in [0.15, 0.2) is 11.5 Å². The van der Waals surface area contributed by atoms with Crippen LogP contribution in [0.25, 0.3) is 0 Å². The van der Waals surface area contributed by atoms with Crippen LogP contribution in [0.2, 0.25) is 5.02 Å². The molecule has 0 unspecified atom stereocenters. The molecule has 1 heterocycles. The summed E-state index contributed by atoms with van der Waals surface area (Å²) < 4.78 is 25.0. The Morgan fingerprint density at radius 3 is 2.63 bits per heavy atom. The molecule has 0 bridgehead atoms. The second-order valence-corrected chi connectivity index (χ2v) is 6.44. The number of ether oxygens (including phenoxy) is 2. The molecule has 0 amide bonds. The van der Waals surface area contributed by atoms with Crippen molar-refractivity contribution in [2.24, 2.45) is 0 Å². The Labute approximate surface area is 162 Å². The SMILES string of the molecule is COc1cc(C[NH2+]Cc2cccnc2)ccc1OCc1c(F)cccc1Cl. The van der Waals surface area contributed by atoms with Crippen molar-refractivity contribution in [3.63, 3.8) is 0 Å². The van der Waals surface area contributed by atoms with Gasteiger partial charge in [-0.3, -0.25) is 4.98 Å². The van der Waals surface area contributed by atoms with Gasteiger partial charge in [0.1, 0.15) is 25.5 Å². The molecule has 0 aliphatic heterocycles. The van der Waals surface area contributed by atoms with E-state index in [4.69, 9.17) is 21.1 Å². The molecule has 0 saturated heterocycles. The number of hydrogen-bond donors (Lipinski definition) is 1. The minimum absolute atomic E-state index is 0.0361. The molecular formula is C21H21ClFN2O2+. The second-order valence-electron chi connectivity index (χ2n) is 6.03. The maximum Gasteiger partial charge on any atom is 0.161 e. The number of aromatic nitrogens is 1. The van der Waals surface area contributed by atoms with Crippen LogP contribution in [0.4, 0.5) is 4.39 Å². The first kappa shape index (κ1) is 19.1. The number of rotatable bonds is 8. The van der Waals surface area contributed by atoms with Gasteiger partial charge in [0, 0.05) is 29.1 Å². The molecule has 0 spiro atoms. The summed E-state index contributed by atoms with van der Waals surface area (Å²) in [6, 6.07) is 14.3. The van der Waals surface area contributed by atoms with Gasteiger partial charge in [-0.25, -0.2) is 4.39 Å². The Bertz CT molecular complexity index is 870. The molecule has 0 fully saturated rings. The number of pyridine rings is 1. The molecule has 0 radical (unpaired) electrons. The van der Waals surface area contributed by atoms with Crippen molar-refractivity contribution < 1.29 is 19.2 Å². The van der Waals surface area contributed by atoms with Gasteiger partial charge in [-0.05, 0) is 36.4 Å². The van der Waals surface area contributed by atoms with E-state index in [2.05, 4.69) is 16.4 Å². The highest BCUT2D eigenvalue weighted by atomic mass is 35.5. The zero-order valence-electron chi connectivity index (χ0n) is 15.0. The standard InChI is InChI=1S/C21H20ClFN2O2/c1-26-21-10-15(11-25-13-16-4-3-9-24-12-16)7-8-20(21)27-14-17-18(22)5-2-6-19(17)23/h2-10,12,25H,11,13-14H2,1H3/p+1. The molecule has 140 valence electrons. The van der Waals surface area contributed by atoms with Gasteiger partial charge in [-0.15, -0.1) is 0 Å². The quantitative estimate of drug-likeness (QED) is 0.640. The fourth-order valence-electron chi connectivity index (χ4n) is 2.70. The lowest BCUT2D eigenvalue weighted by Crippen LogP contribution is -2.80. The molecule has 1 aromatic heterocycles. The van der Waals surface area contributed by atoms with Crippen molar-refractivity contribution in [3.8, 4) is 11.5 Å². The number of methoxy groups -OCH3 is 1. The van der Waals surface area contributed by atoms with Gasteiger partial charge in [0.05, 0.1) is 12.1 Å². The van der Waals surface area contributed by atoms with E-state index in [1.165, 1.54) is 11.6 Å². The molecule has 2 aromatic carbocycles. The number of quaternary nitrogens is 1. The number of benzene rings is 2. The van der Waals surface area contributed by atoms with Crippen molar-refractivity contribution in [3.05, 3.63) is 88.5 Å². The first-order chi connectivity index (χ1) is 13.2.